The molecular weight excluding hydrogens is 298 g/mol. The highest BCUT2D eigenvalue weighted by Crippen LogP contribution is 2.27. The van der Waals surface area contributed by atoms with Gasteiger partial charge in [-0.15, -0.1) is 0 Å². The number of aromatic nitrogens is 2. The van der Waals surface area contributed by atoms with Crippen LogP contribution in [-0.4, -0.2) is 23.1 Å². The van der Waals surface area contributed by atoms with E-state index in [1.807, 2.05) is 42.5 Å². The van der Waals surface area contributed by atoms with Crippen LogP contribution in [0.4, 0.5) is 11.5 Å². The number of rotatable bonds is 7. The molecule has 0 aliphatic rings. The second kappa shape index (κ2) is 7.75. The molecule has 0 saturated carbocycles. The van der Waals surface area contributed by atoms with Crippen molar-refractivity contribution in [2.75, 3.05) is 24.1 Å². The molecule has 24 heavy (non-hydrogen) atoms. The molecule has 5 N–H and O–H groups in total. The molecule has 0 radical (unpaired) electrons. The van der Waals surface area contributed by atoms with Crippen LogP contribution in [0.15, 0.2) is 48.7 Å². The lowest BCUT2D eigenvalue weighted by atomic mass is 10.1. The van der Waals surface area contributed by atoms with Crippen LogP contribution in [0.25, 0.3) is 22.2 Å². The van der Waals surface area contributed by atoms with Crippen molar-refractivity contribution in [3.05, 3.63) is 48.7 Å². The van der Waals surface area contributed by atoms with Gasteiger partial charge in [0.1, 0.15) is 5.82 Å². The zero-order chi connectivity index (χ0) is 16.8. The van der Waals surface area contributed by atoms with Crippen LogP contribution in [-0.2, 0) is 0 Å². The molecule has 3 rings (SSSR count). The first-order valence-electron chi connectivity index (χ1n) is 8.33. The summed E-state index contributed by atoms with van der Waals surface area (Å²) in [5.41, 5.74) is 14.9. The van der Waals surface area contributed by atoms with E-state index in [9.17, 15) is 0 Å². The highest BCUT2D eigenvalue weighted by atomic mass is 15.0. The minimum atomic E-state index is 0.746. The second-order valence-electron chi connectivity index (χ2n) is 5.82. The number of fused-ring (bicyclic) bond motifs is 1. The van der Waals surface area contributed by atoms with E-state index in [-0.39, 0.29) is 0 Å². The van der Waals surface area contributed by atoms with Crippen LogP contribution >= 0.6 is 0 Å². The van der Waals surface area contributed by atoms with Gasteiger partial charge in [-0.25, -0.2) is 4.98 Å². The molecule has 3 aromatic rings. The van der Waals surface area contributed by atoms with Gasteiger partial charge in [0, 0.05) is 29.4 Å². The third-order valence-electron chi connectivity index (χ3n) is 3.98. The minimum Gasteiger partial charge on any atom is -0.399 e. The van der Waals surface area contributed by atoms with E-state index >= 15 is 0 Å². The Labute approximate surface area is 142 Å². The van der Waals surface area contributed by atoms with Gasteiger partial charge in [0.25, 0.3) is 0 Å². The summed E-state index contributed by atoms with van der Waals surface area (Å²) in [6.45, 7) is 1.62. The fourth-order valence-electron chi connectivity index (χ4n) is 2.66. The Hall–Kier alpha value is -2.66. The Kier molecular flexibility index (Phi) is 5.23. The lowest BCUT2D eigenvalue weighted by Gasteiger charge is -2.11. The smallest absolute Gasteiger partial charge is 0.136 e. The van der Waals surface area contributed by atoms with E-state index in [0.717, 1.165) is 66.0 Å². The third kappa shape index (κ3) is 3.81. The molecule has 0 bridgehead atoms. The predicted molar refractivity (Wildman–Crippen MR) is 101 cm³/mol. The average molecular weight is 321 g/mol. The summed E-state index contributed by atoms with van der Waals surface area (Å²) in [5, 5.41) is 4.49. The molecule has 0 aliphatic heterocycles. The molecule has 5 heteroatoms. The van der Waals surface area contributed by atoms with Gasteiger partial charge in [-0.3, -0.25) is 4.98 Å². The summed E-state index contributed by atoms with van der Waals surface area (Å²) >= 11 is 0. The molecule has 0 atom stereocenters. The van der Waals surface area contributed by atoms with Gasteiger partial charge in [0.2, 0.25) is 0 Å². The van der Waals surface area contributed by atoms with Gasteiger partial charge in [0.05, 0.1) is 11.2 Å². The summed E-state index contributed by atoms with van der Waals surface area (Å²) in [6, 6.07) is 13.7. The topological polar surface area (TPSA) is 89.8 Å². The zero-order valence-electron chi connectivity index (χ0n) is 13.7. The van der Waals surface area contributed by atoms with Crippen molar-refractivity contribution in [1.82, 2.24) is 9.97 Å². The molecule has 0 fully saturated rings. The van der Waals surface area contributed by atoms with Crippen LogP contribution in [0.2, 0.25) is 0 Å². The number of nitrogens with zero attached hydrogens (tertiary/aromatic N) is 2. The lowest BCUT2D eigenvalue weighted by Crippen LogP contribution is -2.06. The summed E-state index contributed by atoms with van der Waals surface area (Å²) in [4.78, 5) is 9.28. The van der Waals surface area contributed by atoms with Crippen LogP contribution in [0, 0.1) is 0 Å². The SMILES string of the molecule is NCCCCCNc1nc(-c2ccc(N)cc2)cc2ncccc12. The Balaban J connectivity index is 1.89. The first kappa shape index (κ1) is 16.2. The van der Waals surface area contributed by atoms with Gasteiger partial charge < -0.3 is 16.8 Å². The van der Waals surface area contributed by atoms with Crippen LogP contribution in [0.3, 0.4) is 0 Å². The predicted octanol–water partition coefficient (Wildman–Crippen LogP) is 3.42. The summed E-state index contributed by atoms with van der Waals surface area (Å²) in [6.07, 6.45) is 5.06. The molecule has 0 saturated heterocycles. The average Bonchev–Trinajstić information content (AvgIpc) is 2.62. The van der Waals surface area contributed by atoms with E-state index in [4.69, 9.17) is 16.5 Å². The second-order valence-corrected chi connectivity index (χ2v) is 5.82. The molecule has 0 unspecified atom stereocenters. The van der Waals surface area contributed by atoms with Crippen LogP contribution < -0.4 is 16.8 Å². The number of unbranched alkanes of at least 4 members (excludes halogenated alkanes) is 2. The first-order valence-corrected chi connectivity index (χ1v) is 8.33. The monoisotopic (exact) mass is 321 g/mol. The standard InChI is InChI=1S/C19H23N5/c20-10-2-1-3-11-23-19-16-5-4-12-22-18(16)13-17(24-19)14-6-8-15(21)9-7-14/h4-9,12-13H,1-3,10-11,20-21H2,(H,23,24). The molecule has 0 aliphatic carbocycles. The van der Waals surface area contributed by atoms with Crippen molar-refractivity contribution < 1.29 is 0 Å². The Morgan fingerprint density at radius 1 is 1.00 bits per heavy atom. The molecule has 0 amide bonds. The molecule has 0 spiro atoms. The number of nitrogen functional groups attached to an aromatic ring is 1. The number of benzene rings is 1. The van der Waals surface area contributed by atoms with E-state index < -0.39 is 0 Å². The molecule has 2 aromatic heterocycles. The van der Waals surface area contributed by atoms with E-state index in [2.05, 4.69) is 10.3 Å². The number of hydrogen-bond acceptors (Lipinski definition) is 5. The maximum absolute atomic E-state index is 5.78. The summed E-state index contributed by atoms with van der Waals surface area (Å²) in [7, 11) is 0. The van der Waals surface area contributed by atoms with Crippen molar-refractivity contribution in [2.45, 2.75) is 19.3 Å². The van der Waals surface area contributed by atoms with E-state index in [0.29, 0.717) is 0 Å². The minimum absolute atomic E-state index is 0.746. The normalized spacial score (nSPS) is 10.9. The number of anilines is 2. The molecule has 1 aromatic carbocycles. The molecule has 124 valence electrons. The number of nitrogens with two attached hydrogens (primary N) is 2. The summed E-state index contributed by atoms with van der Waals surface area (Å²) in [5.74, 6) is 0.875. The number of pyridine rings is 2. The fraction of sp³-hybridized carbons (Fsp3) is 0.263. The van der Waals surface area contributed by atoms with Gasteiger partial charge in [0.15, 0.2) is 0 Å². The van der Waals surface area contributed by atoms with Gasteiger partial charge in [-0.1, -0.05) is 18.6 Å². The van der Waals surface area contributed by atoms with Crippen molar-refractivity contribution in [2.24, 2.45) is 5.73 Å². The third-order valence-corrected chi connectivity index (χ3v) is 3.98. The van der Waals surface area contributed by atoms with Gasteiger partial charge in [-0.05, 0) is 49.7 Å². The maximum Gasteiger partial charge on any atom is 0.136 e. The quantitative estimate of drug-likeness (QED) is 0.458. The molecule has 5 nitrogen and oxygen atoms in total. The highest BCUT2D eigenvalue weighted by Gasteiger charge is 2.08. The number of nitrogens with one attached hydrogen (secondary N) is 1. The molecule has 2 heterocycles. The van der Waals surface area contributed by atoms with Crippen LogP contribution in [0.5, 0.6) is 0 Å². The first-order chi connectivity index (χ1) is 11.8. The Bertz CT molecular complexity index is 798. The largest absolute Gasteiger partial charge is 0.399 e. The molecular formula is C19H23N5. The maximum atomic E-state index is 5.78. The van der Waals surface area contributed by atoms with Crippen molar-refractivity contribution in [3.63, 3.8) is 0 Å². The Morgan fingerprint density at radius 2 is 1.83 bits per heavy atom. The van der Waals surface area contributed by atoms with Crippen molar-refractivity contribution in [3.8, 4) is 11.3 Å². The number of hydrogen-bond donors (Lipinski definition) is 3. The van der Waals surface area contributed by atoms with Crippen LogP contribution in [0.1, 0.15) is 19.3 Å². The van der Waals surface area contributed by atoms with Crippen molar-refractivity contribution in [1.29, 1.82) is 0 Å². The summed E-state index contributed by atoms with van der Waals surface area (Å²) < 4.78 is 0. The van der Waals surface area contributed by atoms with Gasteiger partial charge >= 0.3 is 0 Å². The fourth-order valence-corrected chi connectivity index (χ4v) is 2.66. The van der Waals surface area contributed by atoms with Gasteiger partial charge in [-0.2, -0.15) is 0 Å². The highest BCUT2D eigenvalue weighted by molar-refractivity contribution is 5.91. The Morgan fingerprint density at radius 3 is 2.62 bits per heavy atom. The van der Waals surface area contributed by atoms with E-state index in [1.54, 1.807) is 6.20 Å². The lowest BCUT2D eigenvalue weighted by molar-refractivity contribution is 0.706. The van der Waals surface area contributed by atoms with Crippen molar-refractivity contribution >= 4 is 22.4 Å². The van der Waals surface area contributed by atoms with E-state index in [1.165, 1.54) is 0 Å². The zero-order valence-corrected chi connectivity index (χ0v) is 13.7.